The van der Waals surface area contributed by atoms with Gasteiger partial charge in [-0.15, -0.1) is 0 Å². The molecule has 170 valence electrons. The van der Waals surface area contributed by atoms with E-state index in [0.29, 0.717) is 29.6 Å². The van der Waals surface area contributed by atoms with Gasteiger partial charge < -0.3 is 36.0 Å². The number of halogens is 1. The molecule has 1 aromatic carbocycles. The summed E-state index contributed by atoms with van der Waals surface area (Å²) in [5.41, 5.74) is -1.00. The lowest BCUT2D eigenvalue weighted by atomic mass is 9.80. The Balaban J connectivity index is 0.00000225. The third kappa shape index (κ3) is 5.83. The number of aliphatic hydroxyl groups is 1. The number of carbonyl (C=O) groups excluding carboxylic acids is 2. The number of quaternary nitrogens is 1. The average Bonchev–Trinajstić information content (AvgIpc) is 3.32. The second kappa shape index (κ2) is 11.3. The summed E-state index contributed by atoms with van der Waals surface area (Å²) >= 11 is 0. The summed E-state index contributed by atoms with van der Waals surface area (Å²) in [5.74, 6) is -0.909. The van der Waals surface area contributed by atoms with E-state index in [1.807, 2.05) is 25.2 Å². The number of nitrogens with zero attached hydrogens (tertiary/aromatic N) is 1. The molecule has 30 heavy (non-hydrogen) atoms. The number of ether oxygens (including phenoxy) is 2. The first-order valence-corrected chi connectivity index (χ1v) is 10.4. The molecule has 1 saturated carbocycles. The van der Waals surface area contributed by atoms with Crippen molar-refractivity contribution in [2.45, 2.75) is 58.2 Å². The summed E-state index contributed by atoms with van der Waals surface area (Å²) in [5, 5.41) is 11.5. The van der Waals surface area contributed by atoms with Crippen molar-refractivity contribution in [1.29, 1.82) is 0 Å². The Hall–Kier alpha value is -1.44. The summed E-state index contributed by atoms with van der Waals surface area (Å²) in [6.07, 6.45) is 4.06. The number of esters is 2. The van der Waals surface area contributed by atoms with Crippen LogP contribution in [0.4, 0.5) is 0 Å². The smallest absolute Gasteiger partial charge is 0.361 e. The van der Waals surface area contributed by atoms with E-state index in [0.717, 1.165) is 32.2 Å². The van der Waals surface area contributed by atoms with Gasteiger partial charge in [0.25, 0.3) is 0 Å². The molecule has 7 heteroatoms. The molecule has 2 fully saturated rings. The van der Waals surface area contributed by atoms with Crippen LogP contribution in [0.25, 0.3) is 0 Å². The predicted octanol–water partition coefficient (Wildman–Crippen LogP) is 0.0297. The van der Waals surface area contributed by atoms with Crippen LogP contribution in [0.2, 0.25) is 0 Å². The van der Waals surface area contributed by atoms with Crippen molar-refractivity contribution in [1.82, 2.24) is 0 Å². The molecule has 6 nitrogen and oxygen atoms in total. The van der Waals surface area contributed by atoms with Crippen molar-refractivity contribution in [2.24, 2.45) is 5.92 Å². The maximum atomic E-state index is 13.2. The molecule has 0 bridgehead atoms. The Morgan fingerprint density at radius 2 is 1.80 bits per heavy atom. The van der Waals surface area contributed by atoms with Gasteiger partial charge in [-0.2, -0.15) is 0 Å². The zero-order valence-corrected chi connectivity index (χ0v) is 18.9. The molecular weight excluding hydrogens is 450 g/mol. The van der Waals surface area contributed by atoms with Crippen LogP contribution in [0.1, 0.15) is 52.0 Å². The number of rotatable bonds is 7. The Kier molecular flexibility index (Phi) is 9.98. The highest BCUT2D eigenvalue weighted by molar-refractivity contribution is 5.81. The van der Waals surface area contributed by atoms with Gasteiger partial charge in [0.1, 0.15) is 6.54 Å². The standard InChI is InChI=1S/C22H32NO5.CH4.BrH/c1-3-27-20(24)16-23(2)14-13-19(15-23)28-21(25)22(26,18-11-7-8-12-18)17-9-5-4-6-10-17;;/h4-6,9-10,18-19,26H,3,7-8,11-16H2,1-2H3;1H4;1H/q+1;;/p-1. The van der Waals surface area contributed by atoms with Gasteiger partial charge in [0.05, 0.1) is 20.2 Å². The van der Waals surface area contributed by atoms with E-state index in [1.54, 1.807) is 19.1 Å². The van der Waals surface area contributed by atoms with E-state index in [-0.39, 0.29) is 48.9 Å². The van der Waals surface area contributed by atoms with Gasteiger partial charge in [0.2, 0.25) is 0 Å². The maximum Gasteiger partial charge on any atom is 0.361 e. The molecule has 3 atom stereocenters. The lowest BCUT2D eigenvalue weighted by Gasteiger charge is -2.33. The lowest BCUT2D eigenvalue weighted by Crippen LogP contribution is -3.00. The molecule has 1 saturated heterocycles. The van der Waals surface area contributed by atoms with E-state index in [2.05, 4.69) is 0 Å². The molecule has 3 rings (SSSR count). The second-order valence-corrected chi connectivity index (χ2v) is 8.42. The van der Waals surface area contributed by atoms with Crippen LogP contribution in [0.5, 0.6) is 0 Å². The second-order valence-electron chi connectivity index (χ2n) is 8.42. The first-order chi connectivity index (χ1) is 13.4. The molecule has 1 heterocycles. The van der Waals surface area contributed by atoms with Crippen molar-refractivity contribution >= 4 is 11.9 Å². The highest BCUT2D eigenvalue weighted by Gasteiger charge is 2.50. The Labute approximate surface area is 190 Å². The molecule has 0 spiro atoms. The van der Waals surface area contributed by atoms with Crippen molar-refractivity contribution in [3.8, 4) is 0 Å². The number of benzene rings is 1. The van der Waals surface area contributed by atoms with E-state index >= 15 is 0 Å². The number of likely N-dealkylation sites (tertiary alicyclic amines) is 1. The monoisotopic (exact) mass is 485 g/mol. The average molecular weight is 486 g/mol. The normalized spacial score (nSPS) is 25.5. The first kappa shape index (κ1) is 26.6. The van der Waals surface area contributed by atoms with Crippen molar-refractivity contribution in [3.05, 3.63) is 35.9 Å². The van der Waals surface area contributed by atoms with E-state index in [1.165, 1.54) is 0 Å². The minimum Gasteiger partial charge on any atom is -1.00 e. The van der Waals surface area contributed by atoms with Crippen LogP contribution in [-0.2, 0) is 24.7 Å². The fraction of sp³-hybridized carbons (Fsp3) is 0.652. The van der Waals surface area contributed by atoms with Gasteiger partial charge >= 0.3 is 11.9 Å². The molecule has 1 N–H and O–H groups in total. The topological polar surface area (TPSA) is 72.8 Å². The number of hydrogen-bond donors (Lipinski definition) is 1. The molecule has 1 aliphatic heterocycles. The minimum atomic E-state index is -1.61. The van der Waals surface area contributed by atoms with Crippen LogP contribution >= 0.6 is 0 Å². The predicted molar refractivity (Wildman–Crippen MR) is 111 cm³/mol. The summed E-state index contributed by atoms with van der Waals surface area (Å²) in [6.45, 7) is 3.72. The Bertz CT molecular complexity index is 694. The maximum absolute atomic E-state index is 13.2. The molecule has 0 aromatic heterocycles. The van der Waals surface area contributed by atoms with Gasteiger partial charge in [0, 0.05) is 12.3 Å². The van der Waals surface area contributed by atoms with E-state index < -0.39 is 11.6 Å². The molecule has 1 aromatic rings. The van der Waals surface area contributed by atoms with Gasteiger partial charge in [0.15, 0.2) is 18.2 Å². The van der Waals surface area contributed by atoms with Gasteiger partial charge in [-0.25, -0.2) is 9.59 Å². The van der Waals surface area contributed by atoms with Crippen molar-refractivity contribution < 1.29 is 45.6 Å². The van der Waals surface area contributed by atoms with Gasteiger partial charge in [-0.05, 0) is 25.3 Å². The van der Waals surface area contributed by atoms with Crippen LogP contribution in [0.3, 0.4) is 0 Å². The molecule has 0 amide bonds. The number of hydrogen-bond acceptors (Lipinski definition) is 5. The molecule has 2 aliphatic rings. The van der Waals surface area contributed by atoms with Crippen molar-refractivity contribution in [2.75, 3.05) is 33.3 Å². The zero-order valence-electron chi connectivity index (χ0n) is 17.3. The fourth-order valence-electron chi connectivity index (χ4n) is 4.69. The summed E-state index contributed by atoms with van der Waals surface area (Å²) in [7, 11) is 1.98. The zero-order chi connectivity index (χ0) is 20.2. The molecule has 1 aliphatic carbocycles. The Morgan fingerprint density at radius 1 is 1.17 bits per heavy atom. The van der Waals surface area contributed by atoms with Crippen molar-refractivity contribution in [3.63, 3.8) is 0 Å². The molecule has 3 unspecified atom stereocenters. The first-order valence-electron chi connectivity index (χ1n) is 10.4. The summed E-state index contributed by atoms with van der Waals surface area (Å²) in [4.78, 5) is 25.0. The number of carbonyl (C=O) groups is 2. The highest BCUT2D eigenvalue weighted by Crippen LogP contribution is 2.42. The van der Waals surface area contributed by atoms with Gasteiger partial charge in [-0.1, -0.05) is 50.6 Å². The third-order valence-electron chi connectivity index (χ3n) is 6.20. The molecule has 0 radical (unpaired) electrons. The Morgan fingerprint density at radius 3 is 2.40 bits per heavy atom. The molecular formula is C23H36BrNO5. The van der Waals surface area contributed by atoms with E-state index in [9.17, 15) is 14.7 Å². The fourth-order valence-corrected chi connectivity index (χ4v) is 4.69. The largest absolute Gasteiger partial charge is 1.00 e. The summed E-state index contributed by atoms with van der Waals surface area (Å²) < 4.78 is 11.4. The van der Waals surface area contributed by atoms with Gasteiger partial charge in [-0.3, -0.25) is 0 Å². The SMILES string of the molecule is C.CCOC(=O)C[N+]1(C)CCC(OC(=O)C(O)(c2ccccc2)C2CCCC2)C1.[Br-]. The van der Waals surface area contributed by atoms with Crippen LogP contribution < -0.4 is 17.0 Å². The van der Waals surface area contributed by atoms with Crippen LogP contribution in [-0.4, -0.2) is 60.9 Å². The highest BCUT2D eigenvalue weighted by atomic mass is 79.9. The lowest BCUT2D eigenvalue weighted by molar-refractivity contribution is -0.891. The van der Waals surface area contributed by atoms with Crippen LogP contribution in [0, 0.1) is 5.92 Å². The number of likely N-dealkylation sites (N-methyl/N-ethyl adjacent to an activating group) is 1. The summed E-state index contributed by atoms with van der Waals surface area (Å²) in [6, 6.07) is 9.15. The quantitative estimate of drug-likeness (QED) is 0.435. The van der Waals surface area contributed by atoms with Crippen LogP contribution in [0.15, 0.2) is 30.3 Å². The van der Waals surface area contributed by atoms with E-state index in [4.69, 9.17) is 9.47 Å². The minimum absolute atomic E-state index is 0. The third-order valence-corrected chi connectivity index (χ3v) is 6.20.